The summed E-state index contributed by atoms with van der Waals surface area (Å²) in [6.45, 7) is 2.71. The Bertz CT molecular complexity index is 1180. The van der Waals surface area contributed by atoms with Crippen LogP contribution in [0.1, 0.15) is 24.4 Å². The van der Waals surface area contributed by atoms with Gasteiger partial charge in [-0.1, -0.05) is 16.8 Å². The van der Waals surface area contributed by atoms with Crippen LogP contribution in [0.3, 0.4) is 0 Å². The second-order valence-corrected chi connectivity index (χ2v) is 8.29. The highest BCUT2D eigenvalue weighted by molar-refractivity contribution is 7.89. The molecule has 0 saturated heterocycles. The van der Waals surface area contributed by atoms with Gasteiger partial charge in [0.15, 0.2) is 5.82 Å². The van der Waals surface area contributed by atoms with Crippen LogP contribution in [0.5, 0.6) is 0 Å². The molecule has 29 heavy (non-hydrogen) atoms. The molecule has 0 aliphatic rings. The summed E-state index contributed by atoms with van der Waals surface area (Å²) in [6, 6.07) is 7.34. The van der Waals surface area contributed by atoms with Gasteiger partial charge in [0, 0.05) is 16.7 Å². The van der Waals surface area contributed by atoms with E-state index in [-0.39, 0.29) is 17.3 Å². The summed E-state index contributed by atoms with van der Waals surface area (Å²) in [5.74, 6) is -0.879. The molecule has 0 saturated carbocycles. The number of benzene rings is 2. The van der Waals surface area contributed by atoms with Crippen molar-refractivity contribution >= 4 is 27.3 Å². The minimum atomic E-state index is -4.22. The molecule has 1 N–H and O–H groups in total. The number of sulfonamides is 1. The van der Waals surface area contributed by atoms with Crippen LogP contribution in [0.25, 0.3) is 11.5 Å². The van der Waals surface area contributed by atoms with Crippen molar-refractivity contribution in [1.82, 2.24) is 14.9 Å². The Morgan fingerprint density at radius 3 is 2.55 bits per heavy atom. The molecule has 152 valence electrons. The molecule has 0 fully saturated rings. The predicted octanol–water partition coefficient (Wildman–Crippen LogP) is 3.79. The Kier molecular flexibility index (Phi) is 5.64. The number of aromatic nitrogens is 2. The highest BCUT2D eigenvalue weighted by atomic mass is 35.5. The maximum absolute atomic E-state index is 13.8. The Morgan fingerprint density at radius 1 is 1.28 bits per heavy atom. The van der Waals surface area contributed by atoms with Crippen molar-refractivity contribution in [1.29, 1.82) is 0 Å². The number of hydrogen-bond acceptors (Lipinski definition) is 7. The molecule has 3 rings (SSSR count). The first-order valence-electron chi connectivity index (χ1n) is 8.15. The molecule has 0 unspecified atom stereocenters. The van der Waals surface area contributed by atoms with Crippen LogP contribution in [-0.4, -0.2) is 23.5 Å². The van der Waals surface area contributed by atoms with Gasteiger partial charge in [-0.25, -0.2) is 13.1 Å². The van der Waals surface area contributed by atoms with Gasteiger partial charge in [0.05, 0.1) is 15.9 Å². The number of nitro groups is 1. The second-order valence-electron chi connectivity index (χ2n) is 6.14. The third-order valence-electron chi connectivity index (χ3n) is 3.97. The van der Waals surface area contributed by atoms with Crippen molar-refractivity contribution in [3.05, 3.63) is 68.7 Å². The number of nitro benzene ring substituents is 1. The fraction of sp³-hybridized carbons (Fsp3) is 0.176. The molecule has 0 bridgehead atoms. The predicted molar refractivity (Wildman–Crippen MR) is 101 cm³/mol. The quantitative estimate of drug-likeness (QED) is 0.456. The number of nitrogens with zero attached hydrogens (tertiary/aromatic N) is 3. The van der Waals surface area contributed by atoms with Gasteiger partial charge in [0.2, 0.25) is 15.8 Å². The Morgan fingerprint density at radius 2 is 1.93 bits per heavy atom. The normalized spacial score (nSPS) is 12.7. The van der Waals surface area contributed by atoms with E-state index in [0.29, 0.717) is 16.7 Å². The van der Waals surface area contributed by atoms with Crippen molar-refractivity contribution < 1.29 is 22.3 Å². The molecule has 2 aromatic carbocycles. The lowest BCUT2D eigenvalue weighted by atomic mass is 10.2. The van der Waals surface area contributed by atoms with E-state index in [1.54, 1.807) is 24.3 Å². The van der Waals surface area contributed by atoms with Gasteiger partial charge in [-0.05, 0) is 49.7 Å². The standard InChI is InChI=1S/C17H14ClFN4O5S/c1-9-7-13(8-14(15(9)19)23(24)25)29(26,27)22-10(2)16-20-17(28-21-16)11-3-5-12(18)6-4-11/h3-8,10,22H,1-2H3/t10-/m1/s1. The summed E-state index contributed by atoms with van der Waals surface area (Å²) in [5, 5.41) is 15.2. The minimum Gasteiger partial charge on any atom is -0.334 e. The Hall–Kier alpha value is -2.89. The zero-order valence-corrected chi connectivity index (χ0v) is 16.7. The van der Waals surface area contributed by atoms with Crippen molar-refractivity contribution in [2.24, 2.45) is 0 Å². The molecular formula is C17H14ClFN4O5S. The number of hydrogen-bond donors (Lipinski definition) is 1. The fourth-order valence-corrected chi connectivity index (χ4v) is 3.91. The summed E-state index contributed by atoms with van der Waals surface area (Å²) in [6.07, 6.45) is 0. The van der Waals surface area contributed by atoms with Gasteiger partial charge in [0.25, 0.3) is 5.89 Å². The van der Waals surface area contributed by atoms with Gasteiger partial charge in [-0.3, -0.25) is 10.1 Å². The lowest BCUT2D eigenvalue weighted by molar-refractivity contribution is -0.387. The maximum atomic E-state index is 13.8. The van der Waals surface area contributed by atoms with Crippen LogP contribution < -0.4 is 4.72 Å². The average Bonchev–Trinajstić information content (AvgIpc) is 3.14. The molecular weight excluding hydrogens is 427 g/mol. The number of nitrogens with one attached hydrogen (secondary N) is 1. The summed E-state index contributed by atoms with van der Waals surface area (Å²) >= 11 is 5.83. The monoisotopic (exact) mass is 440 g/mol. The molecule has 1 heterocycles. The molecule has 0 radical (unpaired) electrons. The minimum absolute atomic E-state index is 0.0480. The zero-order chi connectivity index (χ0) is 21.3. The van der Waals surface area contributed by atoms with Crippen LogP contribution in [-0.2, 0) is 10.0 Å². The van der Waals surface area contributed by atoms with Crippen LogP contribution in [0.2, 0.25) is 5.02 Å². The van der Waals surface area contributed by atoms with Gasteiger partial charge in [-0.2, -0.15) is 9.37 Å². The molecule has 1 aromatic heterocycles. The van der Waals surface area contributed by atoms with E-state index in [2.05, 4.69) is 14.9 Å². The van der Waals surface area contributed by atoms with Crippen molar-refractivity contribution in [2.75, 3.05) is 0 Å². The van der Waals surface area contributed by atoms with Gasteiger partial charge in [-0.15, -0.1) is 0 Å². The molecule has 1 atom stereocenters. The first kappa shape index (κ1) is 20.8. The van der Waals surface area contributed by atoms with Crippen LogP contribution in [0, 0.1) is 22.9 Å². The van der Waals surface area contributed by atoms with Gasteiger partial charge >= 0.3 is 5.69 Å². The Labute approximate surface area is 169 Å². The first-order chi connectivity index (χ1) is 13.6. The first-order valence-corrected chi connectivity index (χ1v) is 10.0. The van der Waals surface area contributed by atoms with Crippen molar-refractivity contribution in [2.45, 2.75) is 24.8 Å². The van der Waals surface area contributed by atoms with E-state index in [1.807, 2.05) is 0 Å². The van der Waals surface area contributed by atoms with E-state index in [0.717, 1.165) is 6.07 Å². The molecule has 9 nitrogen and oxygen atoms in total. The van der Waals surface area contributed by atoms with Crippen molar-refractivity contribution in [3.8, 4) is 11.5 Å². The SMILES string of the molecule is Cc1cc(S(=O)(=O)N[C@H](C)c2noc(-c3ccc(Cl)cc3)n2)cc([N+](=O)[O-])c1F. The highest BCUT2D eigenvalue weighted by Gasteiger charge is 2.27. The van der Waals surface area contributed by atoms with E-state index in [4.69, 9.17) is 16.1 Å². The second kappa shape index (κ2) is 7.85. The van der Waals surface area contributed by atoms with E-state index < -0.39 is 37.4 Å². The lowest BCUT2D eigenvalue weighted by Crippen LogP contribution is -2.27. The molecule has 0 amide bonds. The van der Waals surface area contributed by atoms with Crippen LogP contribution in [0.4, 0.5) is 10.1 Å². The molecule has 12 heteroatoms. The van der Waals surface area contributed by atoms with Crippen LogP contribution >= 0.6 is 11.6 Å². The third-order valence-corrected chi connectivity index (χ3v) is 5.74. The van der Waals surface area contributed by atoms with Crippen molar-refractivity contribution in [3.63, 3.8) is 0 Å². The van der Waals surface area contributed by atoms with Gasteiger partial charge in [0.1, 0.15) is 0 Å². The average molecular weight is 441 g/mol. The van der Waals surface area contributed by atoms with E-state index in [9.17, 15) is 22.9 Å². The molecule has 0 aliphatic carbocycles. The van der Waals surface area contributed by atoms with E-state index in [1.165, 1.54) is 13.8 Å². The number of aryl methyl sites for hydroxylation is 1. The largest absolute Gasteiger partial charge is 0.334 e. The topological polar surface area (TPSA) is 128 Å². The number of rotatable bonds is 6. The van der Waals surface area contributed by atoms with E-state index >= 15 is 0 Å². The fourth-order valence-electron chi connectivity index (χ4n) is 2.48. The molecule has 0 spiro atoms. The summed E-state index contributed by atoms with van der Waals surface area (Å²) in [4.78, 5) is 13.7. The smallest absolute Gasteiger partial charge is 0.306 e. The zero-order valence-electron chi connectivity index (χ0n) is 15.1. The highest BCUT2D eigenvalue weighted by Crippen LogP contribution is 2.26. The summed E-state index contributed by atoms with van der Waals surface area (Å²) < 4.78 is 46.5. The van der Waals surface area contributed by atoms with Crippen LogP contribution in [0.15, 0.2) is 45.8 Å². The Balaban J connectivity index is 1.86. The summed E-state index contributed by atoms with van der Waals surface area (Å²) in [5.41, 5.74) is -0.507. The lowest BCUT2D eigenvalue weighted by Gasteiger charge is -2.11. The third kappa shape index (κ3) is 4.42. The molecule has 3 aromatic rings. The maximum Gasteiger partial charge on any atom is 0.306 e. The number of halogens is 2. The van der Waals surface area contributed by atoms with Gasteiger partial charge < -0.3 is 4.52 Å². The molecule has 0 aliphatic heterocycles. The summed E-state index contributed by atoms with van der Waals surface area (Å²) in [7, 11) is -4.22.